The first-order chi connectivity index (χ1) is 7.82. The highest BCUT2D eigenvalue weighted by Crippen LogP contribution is 2.21. The minimum atomic E-state index is -3.42. The number of methoxy groups -OCH3 is 1. The van der Waals surface area contributed by atoms with E-state index >= 15 is 0 Å². The molecule has 0 aliphatic rings. The first-order valence-corrected chi connectivity index (χ1v) is 7.11. The molecular formula is C10H16N2O4S. The van der Waals surface area contributed by atoms with Crippen LogP contribution in [0, 0.1) is 0 Å². The van der Waals surface area contributed by atoms with Crippen LogP contribution in [0.25, 0.3) is 0 Å². The molecule has 17 heavy (non-hydrogen) atoms. The molecule has 1 aromatic rings. The molecule has 96 valence electrons. The van der Waals surface area contributed by atoms with Gasteiger partial charge in [-0.05, 0) is 13.8 Å². The molecule has 1 unspecified atom stereocenters. The first kappa shape index (κ1) is 13.7. The van der Waals surface area contributed by atoms with E-state index in [1.54, 1.807) is 0 Å². The van der Waals surface area contributed by atoms with Crippen molar-refractivity contribution in [3.63, 3.8) is 0 Å². The van der Waals surface area contributed by atoms with Gasteiger partial charge in [-0.15, -0.1) is 0 Å². The van der Waals surface area contributed by atoms with Crippen LogP contribution in [0.3, 0.4) is 0 Å². The molecule has 0 aliphatic carbocycles. The quantitative estimate of drug-likeness (QED) is 0.721. The monoisotopic (exact) mass is 260 g/mol. The van der Waals surface area contributed by atoms with E-state index < -0.39 is 20.9 Å². The normalized spacial score (nSPS) is 13.4. The Morgan fingerprint density at radius 3 is 2.59 bits per heavy atom. The molecule has 0 spiro atoms. The molecule has 0 fully saturated rings. The highest BCUT2D eigenvalue weighted by atomic mass is 32.2. The SMILES string of the molecule is CCn1ncc(OC)c1C(=O)C(C)S(C)(=O)=O. The van der Waals surface area contributed by atoms with E-state index in [-0.39, 0.29) is 5.69 Å². The maximum Gasteiger partial charge on any atom is 0.202 e. The predicted octanol–water partition coefficient (Wildman–Crippen LogP) is 0.527. The largest absolute Gasteiger partial charge is 0.493 e. The molecule has 0 aliphatic heterocycles. The summed E-state index contributed by atoms with van der Waals surface area (Å²) in [5, 5.41) is 2.87. The Morgan fingerprint density at radius 2 is 2.18 bits per heavy atom. The number of aromatic nitrogens is 2. The third kappa shape index (κ3) is 2.66. The Labute approximate surface area is 100 Å². The average Bonchev–Trinajstić information content (AvgIpc) is 2.68. The summed E-state index contributed by atoms with van der Waals surface area (Å²) >= 11 is 0. The molecule has 1 heterocycles. The van der Waals surface area contributed by atoms with Gasteiger partial charge in [0.15, 0.2) is 15.6 Å². The van der Waals surface area contributed by atoms with Crippen LogP contribution in [0.5, 0.6) is 5.75 Å². The zero-order valence-electron chi connectivity index (χ0n) is 10.3. The van der Waals surface area contributed by atoms with Gasteiger partial charge in [0.1, 0.15) is 10.9 Å². The van der Waals surface area contributed by atoms with Gasteiger partial charge >= 0.3 is 0 Å². The molecule has 0 radical (unpaired) electrons. The molecule has 0 saturated heterocycles. The van der Waals surface area contributed by atoms with Crippen molar-refractivity contribution in [1.82, 2.24) is 9.78 Å². The Morgan fingerprint density at radius 1 is 1.59 bits per heavy atom. The number of ether oxygens (including phenoxy) is 1. The summed E-state index contributed by atoms with van der Waals surface area (Å²) in [4.78, 5) is 12.1. The number of carbonyl (C=O) groups is 1. The van der Waals surface area contributed by atoms with Gasteiger partial charge in [-0.25, -0.2) is 8.42 Å². The van der Waals surface area contributed by atoms with E-state index in [0.717, 1.165) is 6.26 Å². The average molecular weight is 260 g/mol. The van der Waals surface area contributed by atoms with Gasteiger partial charge in [-0.3, -0.25) is 9.48 Å². The number of ketones is 1. The van der Waals surface area contributed by atoms with Gasteiger partial charge < -0.3 is 4.74 Å². The zero-order chi connectivity index (χ0) is 13.2. The van der Waals surface area contributed by atoms with Gasteiger partial charge in [-0.2, -0.15) is 5.10 Å². The van der Waals surface area contributed by atoms with Crippen molar-refractivity contribution in [2.45, 2.75) is 25.6 Å². The van der Waals surface area contributed by atoms with E-state index in [2.05, 4.69) is 5.10 Å². The van der Waals surface area contributed by atoms with Crippen molar-refractivity contribution < 1.29 is 17.9 Å². The Balaban J connectivity index is 3.24. The van der Waals surface area contributed by atoms with E-state index in [4.69, 9.17) is 4.74 Å². The van der Waals surface area contributed by atoms with Crippen LogP contribution in [0.2, 0.25) is 0 Å². The number of nitrogens with zero attached hydrogens (tertiary/aromatic N) is 2. The summed E-state index contributed by atoms with van der Waals surface area (Å²) in [6.45, 7) is 3.65. The molecule has 0 saturated carbocycles. The van der Waals surface area contributed by atoms with Crippen LogP contribution >= 0.6 is 0 Å². The number of rotatable bonds is 5. The van der Waals surface area contributed by atoms with Gasteiger partial charge in [0.2, 0.25) is 5.78 Å². The van der Waals surface area contributed by atoms with Crippen LogP contribution in [-0.4, -0.2) is 42.6 Å². The van der Waals surface area contributed by atoms with Crippen LogP contribution < -0.4 is 4.74 Å². The minimum absolute atomic E-state index is 0.202. The smallest absolute Gasteiger partial charge is 0.202 e. The van der Waals surface area contributed by atoms with E-state index in [9.17, 15) is 13.2 Å². The molecule has 1 atom stereocenters. The van der Waals surface area contributed by atoms with Gasteiger partial charge in [0, 0.05) is 12.8 Å². The van der Waals surface area contributed by atoms with Crippen LogP contribution in [0.1, 0.15) is 24.3 Å². The topological polar surface area (TPSA) is 78.3 Å². The van der Waals surface area contributed by atoms with Crippen molar-refractivity contribution in [2.75, 3.05) is 13.4 Å². The molecule has 0 N–H and O–H groups in total. The molecule has 6 nitrogen and oxygen atoms in total. The standard InChI is InChI=1S/C10H16N2O4S/c1-5-12-9(8(16-3)6-11-12)10(13)7(2)17(4,14)15/h6-7H,5H2,1-4H3. The summed E-state index contributed by atoms with van der Waals surface area (Å²) in [7, 11) is -2.01. The van der Waals surface area contributed by atoms with Crippen LogP contribution in [0.15, 0.2) is 6.20 Å². The lowest BCUT2D eigenvalue weighted by Gasteiger charge is -2.10. The van der Waals surface area contributed by atoms with Gasteiger partial charge in [0.25, 0.3) is 0 Å². The summed E-state index contributed by atoms with van der Waals surface area (Å²) in [5.41, 5.74) is 0.202. The van der Waals surface area contributed by atoms with Crippen molar-refractivity contribution in [2.24, 2.45) is 0 Å². The fraction of sp³-hybridized carbons (Fsp3) is 0.600. The molecule has 1 rings (SSSR count). The fourth-order valence-electron chi connectivity index (χ4n) is 1.39. The zero-order valence-corrected chi connectivity index (χ0v) is 11.1. The summed E-state index contributed by atoms with van der Waals surface area (Å²) < 4.78 is 29.2. The number of hydrogen-bond acceptors (Lipinski definition) is 5. The van der Waals surface area contributed by atoms with Crippen molar-refractivity contribution in [1.29, 1.82) is 0 Å². The second-order valence-electron chi connectivity index (χ2n) is 3.71. The first-order valence-electron chi connectivity index (χ1n) is 5.15. The lowest BCUT2D eigenvalue weighted by atomic mass is 10.2. The fourth-order valence-corrected chi connectivity index (χ4v) is 1.89. The van der Waals surface area contributed by atoms with Crippen molar-refractivity contribution in [3.05, 3.63) is 11.9 Å². The molecule has 0 aromatic carbocycles. The molecule has 1 aromatic heterocycles. The maximum atomic E-state index is 12.1. The summed E-state index contributed by atoms with van der Waals surface area (Å²) in [6.07, 6.45) is 2.44. The predicted molar refractivity (Wildman–Crippen MR) is 63.1 cm³/mol. The second-order valence-corrected chi connectivity index (χ2v) is 6.08. The highest BCUT2D eigenvalue weighted by molar-refractivity contribution is 7.92. The van der Waals surface area contributed by atoms with E-state index in [1.807, 2.05) is 6.92 Å². The lowest BCUT2D eigenvalue weighted by Crippen LogP contribution is -2.28. The molecule has 0 bridgehead atoms. The minimum Gasteiger partial charge on any atom is -0.493 e. The van der Waals surface area contributed by atoms with Crippen molar-refractivity contribution in [3.8, 4) is 5.75 Å². The molecule has 0 amide bonds. The molecular weight excluding hydrogens is 244 g/mol. The lowest BCUT2D eigenvalue weighted by molar-refractivity contribution is 0.0978. The highest BCUT2D eigenvalue weighted by Gasteiger charge is 2.30. The van der Waals surface area contributed by atoms with Crippen molar-refractivity contribution >= 4 is 15.6 Å². The maximum absolute atomic E-state index is 12.1. The number of carbonyl (C=O) groups excluding carboxylic acids is 1. The second kappa shape index (κ2) is 4.87. The number of hydrogen-bond donors (Lipinski definition) is 0. The van der Waals surface area contributed by atoms with Gasteiger partial charge in [-0.1, -0.05) is 0 Å². The number of aryl methyl sites for hydroxylation is 1. The van der Waals surface area contributed by atoms with Crippen LogP contribution in [0.4, 0.5) is 0 Å². The van der Waals surface area contributed by atoms with E-state index in [0.29, 0.717) is 12.3 Å². The Kier molecular flexibility index (Phi) is 3.92. The third-order valence-corrected chi connectivity index (χ3v) is 4.07. The number of sulfone groups is 1. The Bertz CT molecular complexity index is 497. The summed E-state index contributed by atoms with van der Waals surface area (Å²) in [5.74, 6) is -0.198. The van der Waals surface area contributed by atoms with E-state index in [1.165, 1.54) is 24.9 Å². The number of Topliss-reactive ketones (excluding diaryl/α,β-unsaturated/α-hetero) is 1. The third-order valence-electron chi connectivity index (χ3n) is 2.57. The summed E-state index contributed by atoms with van der Waals surface area (Å²) in [6, 6.07) is 0. The molecule has 7 heteroatoms. The Hall–Kier alpha value is -1.37. The van der Waals surface area contributed by atoms with Crippen LogP contribution in [-0.2, 0) is 16.4 Å². The van der Waals surface area contributed by atoms with Gasteiger partial charge in [0.05, 0.1) is 13.3 Å².